The summed E-state index contributed by atoms with van der Waals surface area (Å²) in [7, 11) is 0. The summed E-state index contributed by atoms with van der Waals surface area (Å²) in [4.78, 5) is 11.8. The Bertz CT molecular complexity index is 1060. The lowest BCUT2D eigenvalue weighted by Crippen LogP contribution is -2.12. The third-order valence-electron chi connectivity index (χ3n) is 5.94. The van der Waals surface area contributed by atoms with Gasteiger partial charge in [0, 0.05) is 0 Å². The summed E-state index contributed by atoms with van der Waals surface area (Å²) in [5.41, 5.74) is 7.26. The zero-order chi connectivity index (χ0) is 23.6. The average molecular weight is 443 g/mol. The molecule has 0 bridgehead atoms. The van der Waals surface area contributed by atoms with E-state index in [9.17, 15) is 4.79 Å². The van der Waals surface area contributed by atoms with Crippen LogP contribution in [-0.2, 0) is 11.2 Å². The number of hydrogen-bond donors (Lipinski definition) is 1. The van der Waals surface area contributed by atoms with Crippen molar-refractivity contribution >= 4 is 5.97 Å². The zero-order valence-corrected chi connectivity index (χ0v) is 19.8. The SMILES string of the molecule is C=C(CO)C(=O)Oc1ccc(-c2ccc(-c3ccc(CCCCCCC)cc3)cc2C)cc1. The van der Waals surface area contributed by atoms with E-state index in [1.165, 1.54) is 54.4 Å². The van der Waals surface area contributed by atoms with Crippen LogP contribution < -0.4 is 4.74 Å². The molecular formula is C30H34O3. The number of hydrogen-bond acceptors (Lipinski definition) is 3. The molecule has 0 aromatic heterocycles. The van der Waals surface area contributed by atoms with Gasteiger partial charge in [0.15, 0.2) is 0 Å². The van der Waals surface area contributed by atoms with Crippen LogP contribution in [0.5, 0.6) is 5.75 Å². The highest BCUT2D eigenvalue weighted by Crippen LogP contribution is 2.30. The Morgan fingerprint density at radius 1 is 0.848 bits per heavy atom. The molecule has 0 saturated carbocycles. The quantitative estimate of drug-likeness (QED) is 0.147. The summed E-state index contributed by atoms with van der Waals surface area (Å²) in [5, 5.41) is 8.98. The number of carbonyl (C=O) groups excluding carboxylic acids is 1. The maximum absolute atomic E-state index is 11.8. The molecule has 3 aromatic rings. The summed E-state index contributed by atoms with van der Waals surface area (Å²) in [6.45, 7) is 7.43. The van der Waals surface area contributed by atoms with Crippen molar-refractivity contribution in [1.29, 1.82) is 0 Å². The van der Waals surface area contributed by atoms with Crippen molar-refractivity contribution in [2.24, 2.45) is 0 Å². The number of aryl methyl sites for hydroxylation is 2. The van der Waals surface area contributed by atoms with E-state index in [0.29, 0.717) is 5.75 Å². The predicted octanol–water partition coefficient (Wildman–Crippen LogP) is 7.30. The molecule has 0 aliphatic carbocycles. The van der Waals surface area contributed by atoms with Gasteiger partial charge >= 0.3 is 5.97 Å². The molecule has 172 valence electrons. The molecule has 0 radical (unpaired) electrons. The maximum atomic E-state index is 11.8. The van der Waals surface area contributed by atoms with Crippen molar-refractivity contribution in [3.05, 3.63) is 90.0 Å². The van der Waals surface area contributed by atoms with Gasteiger partial charge in [-0.25, -0.2) is 4.79 Å². The minimum absolute atomic E-state index is 0.0329. The van der Waals surface area contributed by atoms with Crippen molar-refractivity contribution in [2.45, 2.75) is 52.4 Å². The lowest BCUT2D eigenvalue weighted by atomic mass is 9.95. The Kier molecular flexibility index (Phi) is 9.03. The maximum Gasteiger partial charge on any atom is 0.341 e. The first-order valence-corrected chi connectivity index (χ1v) is 11.8. The number of aliphatic hydroxyl groups is 1. The first-order chi connectivity index (χ1) is 16.0. The predicted molar refractivity (Wildman–Crippen MR) is 136 cm³/mol. The molecule has 0 saturated heterocycles. The van der Waals surface area contributed by atoms with Crippen LogP contribution in [0.25, 0.3) is 22.3 Å². The fraction of sp³-hybridized carbons (Fsp3) is 0.300. The molecule has 0 aliphatic rings. The first-order valence-electron chi connectivity index (χ1n) is 11.8. The van der Waals surface area contributed by atoms with Gasteiger partial charge in [-0.2, -0.15) is 0 Å². The summed E-state index contributed by atoms with van der Waals surface area (Å²) in [5.74, 6) is -0.189. The second-order valence-corrected chi connectivity index (χ2v) is 8.57. The molecule has 3 rings (SSSR count). The average Bonchev–Trinajstić information content (AvgIpc) is 2.84. The van der Waals surface area contributed by atoms with E-state index in [2.05, 4.69) is 62.9 Å². The molecule has 3 nitrogen and oxygen atoms in total. The number of benzene rings is 3. The number of rotatable bonds is 11. The van der Waals surface area contributed by atoms with E-state index in [0.717, 1.165) is 17.5 Å². The van der Waals surface area contributed by atoms with E-state index >= 15 is 0 Å². The number of unbranched alkanes of at least 4 members (excludes halogenated alkanes) is 4. The van der Waals surface area contributed by atoms with Crippen molar-refractivity contribution < 1.29 is 14.6 Å². The smallest absolute Gasteiger partial charge is 0.341 e. The zero-order valence-electron chi connectivity index (χ0n) is 19.8. The molecule has 1 N–H and O–H groups in total. The van der Waals surface area contributed by atoms with Crippen LogP contribution in [0.4, 0.5) is 0 Å². The summed E-state index contributed by atoms with van der Waals surface area (Å²) < 4.78 is 5.22. The molecule has 0 atom stereocenters. The fourth-order valence-electron chi connectivity index (χ4n) is 3.91. The topological polar surface area (TPSA) is 46.5 Å². The third kappa shape index (κ3) is 6.90. The van der Waals surface area contributed by atoms with Gasteiger partial charge < -0.3 is 9.84 Å². The lowest BCUT2D eigenvalue weighted by molar-refractivity contribution is -0.130. The highest BCUT2D eigenvalue weighted by Gasteiger charge is 2.10. The molecule has 0 spiro atoms. The second-order valence-electron chi connectivity index (χ2n) is 8.57. The lowest BCUT2D eigenvalue weighted by Gasteiger charge is -2.11. The molecule has 0 heterocycles. The van der Waals surface area contributed by atoms with Gasteiger partial charge in [0.2, 0.25) is 0 Å². The van der Waals surface area contributed by atoms with E-state index in [1.807, 2.05) is 12.1 Å². The highest BCUT2D eigenvalue weighted by atomic mass is 16.5. The van der Waals surface area contributed by atoms with Crippen LogP contribution >= 0.6 is 0 Å². The molecule has 0 fully saturated rings. The van der Waals surface area contributed by atoms with Gasteiger partial charge in [-0.05, 0) is 65.3 Å². The minimum Gasteiger partial charge on any atom is -0.423 e. The van der Waals surface area contributed by atoms with Crippen LogP contribution in [0, 0.1) is 6.92 Å². The molecule has 3 aromatic carbocycles. The molecular weight excluding hydrogens is 408 g/mol. The second kappa shape index (κ2) is 12.2. The monoisotopic (exact) mass is 442 g/mol. The van der Waals surface area contributed by atoms with Gasteiger partial charge in [0.25, 0.3) is 0 Å². The van der Waals surface area contributed by atoms with Crippen LogP contribution in [0.3, 0.4) is 0 Å². The van der Waals surface area contributed by atoms with Crippen molar-refractivity contribution in [1.82, 2.24) is 0 Å². The number of ether oxygens (including phenoxy) is 1. The van der Waals surface area contributed by atoms with Crippen molar-refractivity contribution in [2.75, 3.05) is 6.61 Å². The Labute approximate surface area is 197 Å². The van der Waals surface area contributed by atoms with E-state index < -0.39 is 12.6 Å². The fourth-order valence-corrected chi connectivity index (χ4v) is 3.91. The number of aliphatic hydroxyl groups excluding tert-OH is 1. The van der Waals surface area contributed by atoms with Crippen LogP contribution in [0.15, 0.2) is 78.9 Å². The van der Waals surface area contributed by atoms with E-state index in [-0.39, 0.29) is 5.57 Å². The van der Waals surface area contributed by atoms with Gasteiger partial charge in [-0.1, -0.05) is 93.8 Å². The molecule has 0 amide bonds. The van der Waals surface area contributed by atoms with Crippen molar-refractivity contribution in [3.63, 3.8) is 0 Å². The van der Waals surface area contributed by atoms with Gasteiger partial charge in [-0.3, -0.25) is 0 Å². The van der Waals surface area contributed by atoms with Crippen LogP contribution in [-0.4, -0.2) is 17.7 Å². The van der Waals surface area contributed by atoms with Gasteiger partial charge in [0.1, 0.15) is 5.75 Å². The summed E-state index contributed by atoms with van der Waals surface area (Å²) in [6, 6.07) is 22.8. The van der Waals surface area contributed by atoms with E-state index in [4.69, 9.17) is 9.84 Å². The molecule has 3 heteroatoms. The molecule has 0 aliphatic heterocycles. The number of carbonyl (C=O) groups is 1. The van der Waals surface area contributed by atoms with E-state index in [1.54, 1.807) is 12.1 Å². The largest absolute Gasteiger partial charge is 0.423 e. The minimum atomic E-state index is -0.617. The Morgan fingerprint density at radius 2 is 1.48 bits per heavy atom. The van der Waals surface area contributed by atoms with Crippen molar-refractivity contribution in [3.8, 4) is 28.0 Å². The highest BCUT2D eigenvalue weighted by molar-refractivity contribution is 5.89. The third-order valence-corrected chi connectivity index (χ3v) is 5.94. The first kappa shape index (κ1) is 24.5. The van der Waals surface area contributed by atoms with Gasteiger partial charge in [0.05, 0.1) is 12.2 Å². The Balaban J connectivity index is 1.65. The van der Waals surface area contributed by atoms with Crippen LogP contribution in [0.2, 0.25) is 0 Å². The Hall–Kier alpha value is -3.17. The van der Waals surface area contributed by atoms with Gasteiger partial charge in [-0.15, -0.1) is 0 Å². The normalized spacial score (nSPS) is 10.8. The summed E-state index contributed by atoms with van der Waals surface area (Å²) in [6.07, 6.45) is 7.70. The summed E-state index contributed by atoms with van der Waals surface area (Å²) >= 11 is 0. The molecule has 0 unspecified atom stereocenters. The number of esters is 1. The Morgan fingerprint density at radius 3 is 2.12 bits per heavy atom. The van der Waals surface area contributed by atoms with Crippen LogP contribution in [0.1, 0.15) is 50.2 Å². The molecule has 33 heavy (non-hydrogen) atoms. The standard InChI is InChI=1S/C30H34O3/c1-4-5-6-7-8-9-24-10-12-25(13-11-24)27-16-19-29(22(2)20-27)26-14-17-28(18-15-26)33-30(32)23(3)21-31/h10-20,31H,3-9,21H2,1-2H3.